The Bertz CT molecular complexity index is 1080. The fourth-order valence-corrected chi connectivity index (χ4v) is 7.20. The summed E-state index contributed by atoms with van der Waals surface area (Å²) in [5, 5.41) is 11.5. The molecule has 0 amide bonds. The molecule has 6 rings (SSSR count). The third-order valence-electron chi connectivity index (χ3n) is 9.09. The third kappa shape index (κ3) is 3.72. The molecule has 3 atom stereocenters. The smallest absolute Gasteiger partial charge is 0.388 e. The first-order valence-electron chi connectivity index (χ1n) is 13.1. The Balaban J connectivity index is 1.49. The first kappa shape index (κ1) is 23.7. The summed E-state index contributed by atoms with van der Waals surface area (Å²) in [5.74, 6) is -0.0708. The largest absolute Gasteiger partial charge is 0.416 e. The number of allylic oxidation sites excluding steroid dienone is 3. The third-order valence-corrected chi connectivity index (χ3v) is 9.09. The number of alkyl halides is 3. The molecule has 3 unspecified atom stereocenters. The van der Waals surface area contributed by atoms with Crippen molar-refractivity contribution < 1.29 is 27.8 Å². The predicted octanol–water partition coefficient (Wildman–Crippen LogP) is 6.50. The summed E-state index contributed by atoms with van der Waals surface area (Å²) in [4.78, 5) is 5.20. The zero-order valence-corrected chi connectivity index (χ0v) is 20.5. The van der Waals surface area contributed by atoms with E-state index in [-0.39, 0.29) is 29.8 Å². The number of halogens is 3. The van der Waals surface area contributed by atoms with Gasteiger partial charge in [-0.2, -0.15) is 13.2 Å². The summed E-state index contributed by atoms with van der Waals surface area (Å²) >= 11 is 0. The molecule has 1 aromatic rings. The highest BCUT2D eigenvalue weighted by molar-refractivity contribution is 5.52. The summed E-state index contributed by atoms with van der Waals surface area (Å²) < 4.78 is 52.4. The first-order valence-corrected chi connectivity index (χ1v) is 13.1. The lowest BCUT2D eigenvalue weighted by atomic mass is 9.58. The minimum absolute atomic E-state index is 0.139. The van der Waals surface area contributed by atoms with Gasteiger partial charge in [-0.25, -0.2) is 0 Å². The number of rotatable bonds is 2. The summed E-state index contributed by atoms with van der Waals surface area (Å²) in [6.45, 7) is 5.38. The van der Waals surface area contributed by atoms with Gasteiger partial charge in [-0.15, -0.1) is 0 Å². The van der Waals surface area contributed by atoms with Gasteiger partial charge in [0.25, 0.3) is 0 Å². The van der Waals surface area contributed by atoms with E-state index in [4.69, 9.17) is 14.5 Å². The number of aliphatic hydroxyl groups excluding tert-OH is 1. The maximum absolute atomic E-state index is 13.3. The molecule has 3 heterocycles. The van der Waals surface area contributed by atoms with Gasteiger partial charge in [0.15, 0.2) is 0 Å². The Kier molecular flexibility index (Phi) is 5.52. The highest BCUT2D eigenvalue weighted by atomic mass is 19.4. The van der Waals surface area contributed by atoms with Crippen molar-refractivity contribution in [1.82, 2.24) is 4.98 Å². The summed E-state index contributed by atoms with van der Waals surface area (Å²) in [6, 6.07) is 0. The van der Waals surface area contributed by atoms with Crippen molar-refractivity contribution in [2.24, 2.45) is 11.3 Å². The zero-order chi connectivity index (χ0) is 24.6. The van der Waals surface area contributed by atoms with Gasteiger partial charge in [-0.1, -0.05) is 38.5 Å². The number of hydrogen-bond acceptors (Lipinski definition) is 4. The van der Waals surface area contributed by atoms with Crippen molar-refractivity contribution in [3.63, 3.8) is 0 Å². The summed E-state index contributed by atoms with van der Waals surface area (Å²) in [5.41, 5.74) is 4.02. The number of nitrogens with zero attached hydrogens (tertiary/aromatic N) is 1. The molecule has 0 aromatic carbocycles. The van der Waals surface area contributed by atoms with Crippen molar-refractivity contribution in [1.29, 1.82) is 0 Å². The topological polar surface area (TPSA) is 51.6 Å². The molecule has 5 aliphatic rings. The minimum atomic E-state index is -4.34. The average molecular weight is 490 g/mol. The second-order valence-electron chi connectivity index (χ2n) is 11.6. The number of ether oxygens (including phenoxy) is 2. The minimum Gasteiger partial charge on any atom is -0.388 e. The fourth-order valence-electron chi connectivity index (χ4n) is 7.20. The molecule has 4 nitrogen and oxygen atoms in total. The van der Waals surface area contributed by atoms with Crippen molar-refractivity contribution >= 4 is 0 Å². The summed E-state index contributed by atoms with van der Waals surface area (Å²) in [7, 11) is 0. The van der Waals surface area contributed by atoms with Gasteiger partial charge < -0.3 is 14.6 Å². The molecule has 1 N–H and O–H groups in total. The standard InChI is InChI=1S/C28H34F3NO3/c1-16(2)24-22-23(21-19(32-24)14-26(8-3-9-26)15-20(21)33)27(10-12-34-13-11-27)35-25(22)17-4-6-18(7-5-17)28(29,30)31/h4,6-7,16-17,20,25,33H,3,5,8-15H2,1-2H3. The Hall–Kier alpha value is -1.70. The Morgan fingerprint density at radius 1 is 1.11 bits per heavy atom. The average Bonchev–Trinajstić information content (AvgIpc) is 3.11. The van der Waals surface area contributed by atoms with E-state index in [1.54, 1.807) is 6.08 Å². The van der Waals surface area contributed by atoms with Crippen molar-refractivity contribution in [3.05, 3.63) is 51.9 Å². The predicted molar refractivity (Wildman–Crippen MR) is 125 cm³/mol. The zero-order valence-electron chi connectivity index (χ0n) is 20.5. The van der Waals surface area contributed by atoms with Gasteiger partial charge >= 0.3 is 6.18 Å². The van der Waals surface area contributed by atoms with E-state index in [2.05, 4.69) is 13.8 Å². The molecule has 3 aliphatic carbocycles. The van der Waals surface area contributed by atoms with Crippen LogP contribution in [0.2, 0.25) is 0 Å². The van der Waals surface area contributed by atoms with Crippen LogP contribution in [-0.2, 0) is 21.5 Å². The number of fused-ring (bicyclic) bond motifs is 4. The van der Waals surface area contributed by atoms with Gasteiger partial charge in [0.05, 0.1) is 23.4 Å². The van der Waals surface area contributed by atoms with Gasteiger partial charge in [0.1, 0.15) is 0 Å². The van der Waals surface area contributed by atoms with Crippen LogP contribution < -0.4 is 0 Å². The Morgan fingerprint density at radius 3 is 2.43 bits per heavy atom. The molecular formula is C28H34F3NO3. The molecule has 1 saturated carbocycles. The van der Waals surface area contributed by atoms with E-state index >= 15 is 0 Å². The molecule has 35 heavy (non-hydrogen) atoms. The van der Waals surface area contributed by atoms with E-state index in [9.17, 15) is 18.3 Å². The lowest BCUT2D eigenvalue weighted by Crippen LogP contribution is -2.40. The lowest BCUT2D eigenvalue weighted by molar-refractivity contribution is -0.142. The van der Waals surface area contributed by atoms with E-state index in [0.29, 0.717) is 26.1 Å². The Morgan fingerprint density at radius 2 is 1.86 bits per heavy atom. The van der Waals surface area contributed by atoms with Crippen LogP contribution in [0.1, 0.15) is 105 Å². The van der Waals surface area contributed by atoms with Gasteiger partial charge in [0.2, 0.25) is 0 Å². The maximum Gasteiger partial charge on any atom is 0.416 e. The molecule has 2 aliphatic heterocycles. The van der Waals surface area contributed by atoms with E-state index in [0.717, 1.165) is 53.8 Å². The van der Waals surface area contributed by atoms with Crippen molar-refractivity contribution in [3.8, 4) is 0 Å². The van der Waals surface area contributed by atoms with Crippen LogP contribution in [0.25, 0.3) is 0 Å². The molecular weight excluding hydrogens is 455 g/mol. The lowest BCUT2D eigenvalue weighted by Gasteiger charge is -2.48. The van der Waals surface area contributed by atoms with Crippen molar-refractivity contribution in [2.75, 3.05) is 13.2 Å². The van der Waals surface area contributed by atoms with Crippen LogP contribution in [0.5, 0.6) is 0 Å². The molecule has 0 bridgehead atoms. The molecule has 190 valence electrons. The number of hydrogen-bond donors (Lipinski definition) is 1. The van der Waals surface area contributed by atoms with E-state index < -0.39 is 23.5 Å². The van der Waals surface area contributed by atoms with Crippen molar-refractivity contribution in [2.45, 2.75) is 95.1 Å². The van der Waals surface area contributed by atoms with Crippen LogP contribution >= 0.6 is 0 Å². The first-order chi connectivity index (χ1) is 16.6. The van der Waals surface area contributed by atoms with Crippen LogP contribution in [0.4, 0.5) is 13.2 Å². The van der Waals surface area contributed by atoms with E-state index in [1.165, 1.54) is 18.6 Å². The molecule has 0 radical (unpaired) electrons. The number of aromatic nitrogens is 1. The summed E-state index contributed by atoms with van der Waals surface area (Å²) in [6.07, 6.45) is 5.61. The monoisotopic (exact) mass is 489 g/mol. The highest BCUT2D eigenvalue weighted by Crippen LogP contribution is 2.60. The normalized spacial score (nSPS) is 30.8. The second kappa shape index (κ2) is 8.15. The van der Waals surface area contributed by atoms with E-state index in [1.807, 2.05) is 0 Å². The molecule has 2 spiro atoms. The van der Waals surface area contributed by atoms with Crippen LogP contribution in [-0.4, -0.2) is 29.5 Å². The number of aliphatic hydroxyl groups is 1. The Labute approximate surface area is 204 Å². The number of pyridine rings is 1. The highest BCUT2D eigenvalue weighted by Gasteiger charge is 2.54. The molecule has 1 aromatic heterocycles. The maximum atomic E-state index is 13.3. The SMILES string of the molecule is CC(C)c1nc2c(c3c1C(C1C=CC(C(F)(F)F)=CC1)OC31CCOCC1)C(O)CC1(CCC1)C2. The van der Waals surface area contributed by atoms with Gasteiger partial charge in [-0.3, -0.25) is 4.98 Å². The second-order valence-corrected chi connectivity index (χ2v) is 11.6. The molecule has 7 heteroatoms. The fraction of sp³-hybridized carbons (Fsp3) is 0.679. The van der Waals surface area contributed by atoms with Gasteiger partial charge in [-0.05, 0) is 49.0 Å². The van der Waals surface area contributed by atoms with Crippen LogP contribution in [0.3, 0.4) is 0 Å². The van der Waals surface area contributed by atoms with Crippen LogP contribution in [0.15, 0.2) is 23.8 Å². The molecule has 1 saturated heterocycles. The quantitative estimate of drug-likeness (QED) is 0.516. The van der Waals surface area contributed by atoms with Gasteiger partial charge in [0, 0.05) is 54.5 Å². The molecule has 2 fully saturated rings. The van der Waals surface area contributed by atoms with Crippen LogP contribution in [0, 0.1) is 11.3 Å².